The van der Waals surface area contributed by atoms with Crippen LogP contribution in [0.2, 0.25) is 0 Å². The van der Waals surface area contributed by atoms with Crippen LogP contribution in [-0.4, -0.2) is 5.91 Å². The van der Waals surface area contributed by atoms with E-state index in [0.29, 0.717) is 17.9 Å². The van der Waals surface area contributed by atoms with E-state index in [1.807, 2.05) is 31.2 Å². The number of nitrogens with one attached hydrogen (secondary N) is 2. The van der Waals surface area contributed by atoms with E-state index in [-0.39, 0.29) is 11.7 Å². The first-order valence-corrected chi connectivity index (χ1v) is 6.65. The second kappa shape index (κ2) is 5.18. The van der Waals surface area contributed by atoms with Crippen LogP contribution in [0.3, 0.4) is 0 Å². The van der Waals surface area contributed by atoms with Gasteiger partial charge in [0.2, 0.25) is 5.91 Å². The molecular formula is C16H15FN2O2. The quantitative estimate of drug-likeness (QED) is 0.912. The minimum Gasteiger partial charge on any atom is -0.457 e. The van der Waals surface area contributed by atoms with Gasteiger partial charge in [0.05, 0.1) is 12.0 Å². The molecular weight excluding hydrogens is 271 g/mol. The third-order valence-corrected chi connectivity index (χ3v) is 3.53. The number of amides is 1. The average Bonchev–Trinajstić information content (AvgIpc) is 2.83. The van der Waals surface area contributed by atoms with E-state index >= 15 is 0 Å². The van der Waals surface area contributed by atoms with Gasteiger partial charge in [-0.2, -0.15) is 0 Å². The largest absolute Gasteiger partial charge is 0.457 e. The van der Waals surface area contributed by atoms with Crippen LogP contribution in [0.1, 0.15) is 18.9 Å². The van der Waals surface area contributed by atoms with Gasteiger partial charge in [-0.05, 0) is 48.9 Å². The molecule has 0 radical (unpaired) electrons. The smallest absolute Gasteiger partial charge is 0.236 e. The van der Waals surface area contributed by atoms with Gasteiger partial charge in [-0.15, -0.1) is 0 Å². The summed E-state index contributed by atoms with van der Waals surface area (Å²) >= 11 is 0. The number of benzene rings is 2. The minimum absolute atomic E-state index is 0.0239. The van der Waals surface area contributed by atoms with E-state index in [0.717, 1.165) is 5.56 Å². The van der Waals surface area contributed by atoms with Gasteiger partial charge in [-0.25, -0.2) is 9.82 Å². The Hall–Kier alpha value is -2.40. The summed E-state index contributed by atoms with van der Waals surface area (Å²) in [6.07, 6.45) is 0.394. The Bertz CT molecular complexity index is 655. The normalized spacial score (nSPS) is 21.1. The van der Waals surface area contributed by atoms with Crippen LogP contribution in [0.4, 0.5) is 4.39 Å². The summed E-state index contributed by atoms with van der Waals surface area (Å²) < 4.78 is 18.5. The number of carbonyl (C=O) groups excluding carboxylic acids is 1. The van der Waals surface area contributed by atoms with Crippen molar-refractivity contribution in [2.45, 2.75) is 18.9 Å². The molecule has 21 heavy (non-hydrogen) atoms. The Morgan fingerprint density at radius 2 is 1.62 bits per heavy atom. The van der Waals surface area contributed by atoms with Crippen LogP contribution in [0, 0.1) is 5.82 Å². The molecule has 4 nitrogen and oxygen atoms in total. The van der Waals surface area contributed by atoms with Gasteiger partial charge in [-0.1, -0.05) is 12.1 Å². The number of hydrazine groups is 1. The molecule has 0 aliphatic carbocycles. The van der Waals surface area contributed by atoms with Crippen molar-refractivity contribution in [2.75, 3.05) is 0 Å². The highest BCUT2D eigenvalue weighted by Crippen LogP contribution is 2.29. The standard InChI is InChI=1S/C16H15FN2O2/c1-16(10-15(20)18-19-16)11-2-6-13(7-3-11)21-14-8-4-12(17)5-9-14/h2-9,19H,10H2,1H3,(H,18,20). The topological polar surface area (TPSA) is 50.4 Å². The fraction of sp³-hybridized carbons (Fsp3) is 0.188. The van der Waals surface area contributed by atoms with Crippen LogP contribution < -0.4 is 15.6 Å². The fourth-order valence-electron chi connectivity index (χ4n) is 2.32. The first-order valence-electron chi connectivity index (χ1n) is 6.65. The van der Waals surface area contributed by atoms with Gasteiger partial charge < -0.3 is 4.74 Å². The lowest BCUT2D eigenvalue weighted by molar-refractivity contribution is -0.119. The summed E-state index contributed by atoms with van der Waals surface area (Å²) in [6, 6.07) is 13.3. The molecule has 0 bridgehead atoms. The molecule has 1 heterocycles. The molecule has 2 aromatic rings. The van der Waals surface area contributed by atoms with Crippen LogP contribution in [-0.2, 0) is 10.3 Å². The zero-order valence-electron chi connectivity index (χ0n) is 11.5. The Kier molecular flexibility index (Phi) is 3.35. The maximum atomic E-state index is 12.8. The zero-order valence-corrected chi connectivity index (χ0v) is 11.5. The van der Waals surface area contributed by atoms with Gasteiger partial charge in [0.25, 0.3) is 0 Å². The lowest BCUT2D eigenvalue weighted by atomic mass is 9.90. The average molecular weight is 286 g/mol. The summed E-state index contributed by atoms with van der Waals surface area (Å²) in [6.45, 7) is 1.96. The zero-order chi connectivity index (χ0) is 14.9. The molecule has 1 fully saturated rings. The van der Waals surface area contributed by atoms with Gasteiger partial charge in [-0.3, -0.25) is 10.2 Å². The predicted octanol–water partition coefficient (Wildman–Crippen LogP) is 2.86. The van der Waals surface area contributed by atoms with E-state index < -0.39 is 5.54 Å². The van der Waals surface area contributed by atoms with E-state index in [4.69, 9.17) is 4.74 Å². The summed E-state index contributed by atoms with van der Waals surface area (Å²) in [4.78, 5) is 11.3. The molecule has 1 aliphatic rings. The van der Waals surface area contributed by atoms with Crippen molar-refractivity contribution < 1.29 is 13.9 Å². The molecule has 1 amide bonds. The van der Waals surface area contributed by atoms with Crippen molar-refractivity contribution in [1.29, 1.82) is 0 Å². The SMILES string of the molecule is CC1(c2ccc(Oc3ccc(F)cc3)cc2)CC(=O)NN1. The van der Waals surface area contributed by atoms with Crippen LogP contribution >= 0.6 is 0 Å². The fourth-order valence-corrected chi connectivity index (χ4v) is 2.32. The molecule has 1 saturated heterocycles. The molecule has 0 saturated carbocycles. The van der Waals surface area contributed by atoms with E-state index in [9.17, 15) is 9.18 Å². The van der Waals surface area contributed by atoms with Gasteiger partial charge >= 0.3 is 0 Å². The Balaban J connectivity index is 1.75. The number of carbonyl (C=O) groups is 1. The molecule has 2 aromatic carbocycles. The van der Waals surface area contributed by atoms with Crippen molar-refractivity contribution in [1.82, 2.24) is 10.9 Å². The summed E-state index contributed by atoms with van der Waals surface area (Å²) in [5.41, 5.74) is 6.19. The van der Waals surface area contributed by atoms with Gasteiger partial charge in [0.15, 0.2) is 0 Å². The lowest BCUT2D eigenvalue weighted by Gasteiger charge is -2.22. The molecule has 1 aliphatic heterocycles. The van der Waals surface area contributed by atoms with Crippen molar-refractivity contribution in [3.05, 3.63) is 59.9 Å². The number of halogens is 1. The highest BCUT2D eigenvalue weighted by molar-refractivity contribution is 5.79. The first kappa shape index (κ1) is 13.6. The van der Waals surface area contributed by atoms with Crippen LogP contribution in [0.25, 0.3) is 0 Å². The van der Waals surface area contributed by atoms with Gasteiger partial charge in [0.1, 0.15) is 17.3 Å². The molecule has 1 unspecified atom stereocenters. The monoisotopic (exact) mass is 286 g/mol. The second-order valence-electron chi connectivity index (χ2n) is 5.26. The lowest BCUT2D eigenvalue weighted by Crippen LogP contribution is -2.38. The molecule has 0 aromatic heterocycles. The summed E-state index contributed by atoms with van der Waals surface area (Å²) in [7, 11) is 0. The van der Waals surface area contributed by atoms with E-state index in [2.05, 4.69) is 10.9 Å². The maximum Gasteiger partial charge on any atom is 0.236 e. The Morgan fingerprint density at radius 3 is 2.14 bits per heavy atom. The maximum absolute atomic E-state index is 12.8. The van der Waals surface area contributed by atoms with Crippen molar-refractivity contribution in [3.8, 4) is 11.5 Å². The Labute approximate surface area is 121 Å². The van der Waals surface area contributed by atoms with Crippen molar-refractivity contribution in [2.24, 2.45) is 0 Å². The van der Waals surface area contributed by atoms with E-state index in [1.165, 1.54) is 12.1 Å². The van der Waals surface area contributed by atoms with Crippen molar-refractivity contribution in [3.63, 3.8) is 0 Å². The molecule has 1 atom stereocenters. The van der Waals surface area contributed by atoms with Gasteiger partial charge in [0, 0.05) is 0 Å². The predicted molar refractivity (Wildman–Crippen MR) is 76.2 cm³/mol. The Morgan fingerprint density at radius 1 is 1.05 bits per heavy atom. The number of hydrogen-bond acceptors (Lipinski definition) is 3. The molecule has 3 rings (SSSR count). The van der Waals surface area contributed by atoms with E-state index in [1.54, 1.807) is 12.1 Å². The minimum atomic E-state index is -0.411. The highest BCUT2D eigenvalue weighted by atomic mass is 19.1. The molecule has 5 heteroatoms. The highest BCUT2D eigenvalue weighted by Gasteiger charge is 2.35. The van der Waals surface area contributed by atoms with Crippen molar-refractivity contribution >= 4 is 5.91 Å². The van der Waals surface area contributed by atoms with Crippen LogP contribution in [0.15, 0.2) is 48.5 Å². The summed E-state index contributed by atoms with van der Waals surface area (Å²) in [5.74, 6) is 0.914. The summed E-state index contributed by atoms with van der Waals surface area (Å²) in [5, 5.41) is 0. The molecule has 2 N–H and O–H groups in total. The second-order valence-corrected chi connectivity index (χ2v) is 5.26. The van der Waals surface area contributed by atoms with Crippen LogP contribution in [0.5, 0.6) is 11.5 Å². The first-order chi connectivity index (χ1) is 10.0. The third-order valence-electron chi connectivity index (χ3n) is 3.53. The number of ether oxygens (including phenoxy) is 1. The molecule has 0 spiro atoms. The third kappa shape index (κ3) is 2.87. The number of hydrogen-bond donors (Lipinski definition) is 2. The number of rotatable bonds is 3. The molecule has 108 valence electrons.